The first-order valence-corrected chi connectivity index (χ1v) is 8.72. The molecule has 4 heteroatoms. The maximum atomic E-state index is 12.2. The fraction of sp³-hybridized carbons (Fsp3) is 0.278. The molecule has 0 bridgehead atoms. The molecule has 3 rings (SSSR count). The van der Waals surface area contributed by atoms with Crippen LogP contribution in [0.2, 0.25) is 5.02 Å². The molecule has 1 fully saturated rings. The minimum absolute atomic E-state index is 0.135. The van der Waals surface area contributed by atoms with E-state index in [0.717, 1.165) is 17.5 Å². The van der Waals surface area contributed by atoms with Crippen LogP contribution in [0.5, 0.6) is 0 Å². The fourth-order valence-corrected chi connectivity index (χ4v) is 3.81. The highest BCUT2D eigenvalue weighted by Crippen LogP contribution is 2.43. The lowest BCUT2D eigenvalue weighted by Gasteiger charge is -2.39. The minimum atomic E-state index is -0.610. The van der Waals surface area contributed by atoms with E-state index in [2.05, 4.69) is 15.9 Å². The molecule has 0 saturated carbocycles. The normalized spacial score (nSPS) is 24.8. The number of hydrogen-bond donors (Lipinski definition) is 0. The van der Waals surface area contributed by atoms with Crippen molar-refractivity contribution in [2.45, 2.75) is 24.4 Å². The Morgan fingerprint density at radius 2 is 1.82 bits per heavy atom. The van der Waals surface area contributed by atoms with Crippen LogP contribution in [0, 0.1) is 0 Å². The number of hydrogen-bond acceptors (Lipinski definition) is 2. The second-order valence-electron chi connectivity index (χ2n) is 5.62. The summed E-state index contributed by atoms with van der Waals surface area (Å²) in [7, 11) is 0. The van der Waals surface area contributed by atoms with Gasteiger partial charge >= 0.3 is 5.97 Å². The van der Waals surface area contributed by atoms with Crippen LogP contribution in [0.25, 0.3) is 0 Å². The third-order valence-corrected chi connectivity index (χ3v) is 5.31. The van der Waals surface area contributed by atoms with Crippen molar-refractivity contribution in [2.24, 2.45) is 0 Å². The summed E-state index contributed by atoms with van der Waals surface area (Å²) in [5.41, 5.74) is 1.54. The second kappa shape index (κ2) is 6.43. The third kappa shape index (κ3) is 3.06. The van der Waals surface area contributed by atoms with Crippen LogP contribution in [-0.4, -0.2) is 11.3 Å². The van der Waals surface area contributed by atoms with E-state index in [9.17, 15) is 4.79 Å². The molecule has 1 saturated heterocycles. The number of esters is 1. The molecule has 1 aliphatic rings. The van der Waals surface area contributed by atoms with E-state index in [1.54, 1.807) is 0 Å². The number of cyclic esters (lactones) is 1. The van der Waals surface area contributed by atoms with Crippen molar-refractivity contribution in [3.05, 3.63) is 70.7 Å². The van der Waals surface area contributed by atoms with Gasteiger partial charge in [-0.2, -0.15) is 0 Å². The van der Waals surface area contributed by atoms with Gasteiger partial charge in [0.05, 0.1) is 6.42 Å². The van der Waals surface area contributed by atoms with Gasteiger partial charge in [-0.15, -0.1) is 0 Å². The summed E-state index contributed by atoms with van der Waals surface area (Å²) in [5, 5.41) is 1.29. The number of carbonyl (C=O) groups is 1. The van der Waals surface area contributed by atoms with Gasteiger partial charge in [0.15, 0.2) is 0 Å². The van der Waals surface area contributed by atoms with E-state index in [4.69, 9.17) is 16.3 Å². The van der Waals surface area contributed by atoms with Crippen molar-refractivity contribution in [1.82, 2.24) is 0 Å². The lowest BCUT2D eigenvalue weighted by atomic mass is 9.79. The van der Waals surface area contributed by atoms with Gasteiger partial charge in [0.1, 0.15) is 5.60 Å². The van der Waals surface area contributed by atoms with Crippen LogP contribution >= 0.6 is 27.5 Å². The minimum Gasteiger partial charge on any atom is -0.453 e. The van der Waals surface area contributed by atoms with Crippen molar-refractivity contribution < 1.29 is 9.53 Å². The maximum Gasteiger partial charge on any atom is 0.307 e. The van der Waals surface area contributed by atoms with Gasteiger partial charge in [0.25, 0.3) is 0 Å². The van der Waals surface area contributed by atoms with Crippen LogP contribution < -0.4 is 0 Å². The molecule has 2 atom stereocenters. The monoisotopic (exact) mass is 378 g/mol. The average Bonchev–Trinajstić information content (AvgIpc) is 2.55. The van der Waals surface area contributed by atoms with Crippen molar-refractivity contribution >= 4 is 33.5 Å². The Labute approximate surface area is 143 Å². The summed E-state index contributed by atoms with van der Waals surface area (Å²) in [6, 6.07) is 17.7. The number of carbonyl (C=O) groups excluding carboxylic acids is 1. The smallest absolute Gasteiger partial charge is 0.307 e. The quantitative estimate of drug-likeness (QED) is 0.551. The zero-order valence-electron chi connectivity index (χ0n) is 12.0. The van der Waals surface area contributed by atoms with Gasteiger partial charge in [-0.3, -0.25) is 4.79 Å². The summed E-state index contributed by atoms with van der Waals surface area (Å²) >= 11 is 9.51. The van der Waals surface area contributed by atoms with E-state index < -0.39 is 5.60 Å². The molecule has 0 unspecified atom stereocenters. The van der Waals surface area contributed by atoms with Crippen LogP contribution in [0.4, 0.5) is 0 Å². The Kier molecular flexibility index (Phi) is 4.55. The van der Waals surface area contributed by atoms with E-state index in [-0.39, 0.29) is 11.9 Å². The third-order valence-electron chi connectivity index (χ3n) is 4.16. The first kappa shape index (κ1) is 15.6. The van der Waals surface area contributed by atoms with Crippen LogP contribution in [0.15, 0.2) is 54.6 Å². The predicted octanol–water partition coefficient (Wildman–Crippen LogP) is 5.05. The number of alkyl halides is 1. The first-order chi connectivity index (χ1) is 10.6. The van der Waals surface area contributed by atoms with E-state index in [1.807, 2.05) is 54.6 Å². The van der Waals surface area contributed by atoms with E-state index >= 15 is 0 Å². The van der Waals surface area contributed by atoms with Gasteiger partial charge in [-0.05, 0) is 35.6 Å². The number of halogens is 2. The Bertz CT molecular complexity index is 657. The molecule has 2 nitrogen and oxygen atoms in total. The summed E-state index contributed by atoms with van der Waals surface area (Å²) in [6.07, 6.45) is 1.17. The van der Waals surface area contributed by atoms with Gasteiger partial charge in [-0.25, -0.2) is 0 Å². The standard InChI is InChI=1S/C18H16BrClO2/c19-12-18(15-4-2-1-3-5-15)11-14(10-17(21)22-18)13-6-8-16(20)9-7-13/h1-9,14H,10-12H2/t14-,18+/m0/s1. The molecule has 2 aromatic rings. The molecule has 114 valence electrons. The van der Waals surface area contributed by atoms with E-state index in [1.165, 1.54) is 0 Å². The second-order valence-corrected chi connectivity index (χ2v) is 6.62. The Hall–Kier alpha value is -1.32. The van der Waals surface area contributed by atoms with Crippen molar-refractivity contribution in [3.8, 4) is 0 Å². The highest BCUT2D eigenvalue weighted by molar-refractivity contribution is 9.09. The SMILES string of the molecule is O=C1C[C@H](c2ccc(Cl)cc2)C[C@@](CBr)(c2ccccc2)O1. The Morgan fingerprint density at radius 3 is 2.45 bits per heavy atom. The van der Waals surface area contributed by atoms with Crippen LogP contribution in [0.1, 0.15) is 29.9 Å². The lowest BCUT2D eigenvalue weighted by molar-refractivity contribution is -0.167. The highest BCUT2D eigenvalue weighted by Gasteiger charge is 2.43. The summed E-state index contributed by atoms with van der Waals surface area (Å²) in [5.74, 6) is -0.0224. The van der Waals surface area contributed by atoms with Gasteiger partial charge in [0, 0.05) is 10.4 Å². The lowest BCUT2D eigenvalue weighted by Crippen LogP contribution is -2.40. The average molecular weight is 380 g/mol. The molecule has 0 N–H and O–H groups in total. The molecule has 0 aromatic heterocycles. The maximum absolute atomic E-state index is 12.2. The molecule has 1 aliphatic heterocycles. The fourth-order valence-electron chi connectivity index (χ4n) is 3.02. The summed E-state index contributed by atoms with van der Waals surface area (Å²) in [4.78, 5) is 12.2. The zero-order chi connectivity index (χ0) is 15.6. The topological polar surface area (TPSA) is 26.3 Å². The Morgan fingerprint density at radius 1 is 1.14 bits per heavy atom. The highest BCUT2D eigenvalue weighted by atomic mass is 79.9. The van der Waals surface area contributed by atoms with Crippen LogP contribution in [-0.2, 0) is 15.1 Å². The first-order valence-electron chi connectivity index (χ1n) is 7.22. The van der Waals surface area contributed by atoms with Crippen molar-refractivity contribution in [2.75, 3.05) is 5.33 Å². The number of benzene rings is 2. The molecule has 2 aromatic carbocycles. The molecular formula is C18H16BrClO2. The van der Waals surface area contributed by atoms with Crippen molar-refractivity contribution in [1.29, 1.82) is 0 Å². The molecule has 0 amide bonds. The van der Waals surface area contributed by atoms with Gasteiger partial charge < -0.3 is 4.74 Å². The molecule has 0 radical (unpaired) electrons. The molecule has 22 heavy (non-hydrogen) atoms. The summed E-state index contributed by atoms with van der Waals surface area (Å²) in [6.45, 7) is 0. The van der Waals surface area contributed by atoms with Gasteiger partial charge in [-0.1, -0.05) is 70.0 Å². The zero-order valence-corrected chi connectivity index (χ0v) is 14.3. The molecule has 1 heterocycles. The van der Waals surface area contributed by atoms with Gasteiger partial charge in [0.2, 0.25) is 0 Å². The van der Waals surface area contributed by atoms with Crippen LogP contribution in [0.3, 0.4) is 0 Å². The molecule has 0 spiro atoms. The number of ether oxygens (including phenoxy) is 1. The predicted molar refractivity (Wildman–Crippen MR) is 91.4 cm³/mol. The van der Waals surface area contributed by atoms with E-state index in [0.29, 0.717) is 16.8 Å². The summed E-state index contributed by atoms with van der Waals surface area (Å²) < 4.78 is 5.77. The Balaban J connectivity index is 1.95. The van der Waals surface area contributed by atoms with Crippen molar-refractivity contribution in [3.63, 3.8) is 0 Å². The largest absolute Gasteiger partial charge is 0.453 e. The molecule has 0 aliphatic carbocycles. The molecular weight excluding hydrogens is 364 g/mol. The number of rotatable bonds is 3.